The van der Waals surface area contributed by atoms with Gasteiger partial charge in [0.25, 0.3) is 0 Å². The third-order valence-corrected chi connectivity index (χ3v) is 3.74. The monoisotopic (exact) mass is 244 g/mol. The molecule has 4 N–H and O–H groups in total. The van der Waals surface area contributed by atoms with Crippen LogP contribution in [0.2, 0.25) is 0 Å². The molecule has 2 unspecified atom stereocenters. The average molecular weight is 244 g/mol. The van der Waals surface area contributed by atoms with Crippen molar-refractivity contribution in [3.63, 3.8) is 0 Å². The van der Waals surface area contributed by atoms with Crippen molar-refractivity contribution in [1.29, 1.82) is 0 Å². The second-order valence-corrected chi connectivity index (χ2v) is 4.79. The van der Waals surface area contributed by atoms with Gasteiger partial charge in [0.2, 0.25) is 0 Å². The molecule has 18 heavy (non-hydrogen) atoms. The minimum atomic E-state index is -0.800. The zero-order chi connectivity index (χ0) is 12.9. The third kappa shape index (κ3) is 1.46. The fourth-order valence-corrected chi connectivity index (χ4v) is 2.43. The zero-order valence-electron chi connectivity index (χ0n) is 10.4. The van der Waals surface area contributed by atoms with Crippen LogP contribution in [0.25, 0.3) is 10.9 Å². The highest BCUT2D eigenvalue weighted by Gasteiger charge is 2.35. The smallest absolute Gasteiger partial charge is 0.123 e. The summed E-state index contributed by atoms with van der Waals surface area (Å²) in [6, 6.07) is 6.01. The van der Waals surface area contributed by atoms with E-state index in [4.69, 9.17) is 0 Å². The van der Waals surface area contributed by atoms with Gasteiger partial charge in [0, 0.05) is 28.5 Å². The summed E-state index contributed by atoms with van der Waals surface area (Å²) in [4.78, 5) is 3.16. The number of hydrogen-bond acceptors (Lipinski definition) is 3. The van der Waals surface area contributed by atoms with Gasteiger partial charge < -0.3 is 20.5 Å². The van der Waals surface area contributed by atoms with Crippen LogP contribution in [0.1, 0.15) is 12.5 Å². The van der Waals surface area contributed by atoms with Gasteiger partial charge in [-0.25, -0.2) is 0 Å². The lowest BCUT2D eigenvalue weighted by Gasteiger charge is -2.34. The molecule has 94 valence electrons. The Morgan fingerprint density at radius 1 is 1.11 bits per heavy atom. The molecule has 0 bridgehead atoms. The Bertz CT molecular complexity index is 642. The topological polar surface area (TPSA) is 68.3 Å². The summed E-state index contributed by atoms with van der Waals surface area (Å²) in [5.41, 5.74) is 4.69. The predicted octanol–water partition coefficient (Wildman–Crippen LogP) is 1.90. The summed E-state index contributed by atoms with van der Waals surface area (Å²) < 4.78 is 0. The molecule has 3 rings (SSSR count). The van der Waals surface area contributed by atoms with E-state index >= 15 is 0 Å². The van der Waals surface area contributed by atoms with E-state index in [0.29, 0.717) is 5.70 Å². The first-order chi connectivity index (χ1) is 8.59. The Morgan fingerprint density at radius 2 is 1.89 bits per heavy atom. The Balaban J connectivity index is 1.99. The number of anilines is 1. The molecule has 0 radical (unpaired) electrons. The first kappa shape index (κ1) is 11.3. The van der Waals surface area contributed by atoms with E-state index in [1.807, 2.05) is 38.2 Å². The molecule has 0 aliphatic heterocycles. The highest BCUT2D eigenvalue weighted by Crippen LogP contribution is 2.32. The number of aromatic nitrogens is 1. The summed E-state index contributed by atoms with van der Waals surface area (Å²) in [7, 11) is 0. The van der Waals surface area contributed by atoms with E-state index in [-0.39, 0.29) is 0 Å². The summed E-state index contributed by atoms with van der Waals surface area (Å²) in [5, 5.41) is 23.6. The molecule has 0 saturated heterocycles. The second kappa shape index (κ2) is 3.86. The standard InChI is InChI=1S/C14H16N2O2/c1-7-9-5-6-15-11(9)4-3-10(7)16-12-8(2)13(17)14(12)18/h3-6,13-18H,1-2H3. The van der Waals surface area contributed by atoms with Crippen molar-refractivity contribution in [2.45, 2.75) is 26.1 Å². The van der Waals surface area contributed by atoms with Gasteiger partial charge in [0.05, 0.1) is 0 Å². The summed E-state index contributed by atoms with van der Waals surface area (Å²) in [6.45, 7) is 3.86. The van der Waals surface area contributed by atoms with Gasteiger partial charge >= 0.3 is 0 Å². The van der Waals surface area contributed by atoms with Crippen LogP contribution in [-0.4, -0.2) is 27.4 Å². The van der Waals surface area contributed by atoms with Crippen LogP contribution in [0.15, 0.2) is 35.7 Å². The Hall–Kier alpha value is -1.78. The molecular weight excluding hydrogens is 228 g/mol. The van der Waals surface area contributed by atoms with Gasteiger partial charge in [-0.1, -0.05) is 0 Å². The molecule has 1 aromatic heterocycles. The van der Waals surface area contributed by atoms with Gasteiger partial charge in [-0.05, 0) is 43.2 Å². The number of aliphatic hydroxyl groups is 2. The molecule has 0 saturated carbocycles. The maximum atomic E-state index is 9.70. The van der Waals surface area contributed by atoms with E-state index in [1.54, 1.807) is 0 Å². The fourth-order valence-electron chi connectivity index (χ4n) is 2.43. The molecular formula is C14H16N2O2. The first-order valence-electron chi connectivity index (χ1n) is 6.00. The lowest BCUT2D eigenvalue weighted by Crippen LogP contribution is -2.42. The molecule has 1 aliphatic rings. The lowest BCUT2D eigenvalue weighted by atomic mass is 9.88. The highest BCUT2D eigenvalue weighted by atomic mass is 16.3. The summed E-state index contributed by atoms with van der Waals surface area (Å²) >= 11 is 0. The van der Waals surface area contributed by atoms with Crippen molar-refractivity contribution < 1.29 is 10.2 Å². The minimum Gasteiger partial charge on any atom is -0.386 e. The molecule has 0 spiro atoms. The molecule has 4 heteroatoms. The van der Waals surface area contributed by atoms with E-state index in [9.17, 15) is 10.2 Å². The molecule has 4 nitrogen and oxygen atoms in total. The number of rotatable bonds is 2. The first-order valence-corrected chi connectivity index (χ1v) is 6.00. The minimum absolute atomic E-state index is 0.709. The largest absolute Gasteiger partial charge is 0.386 e. The van der Waals surface area contributed by atoms with Crippen molar-refractivity contribution in [2.75, 3.05) is 5.32 Å². The molecule has 0 fully saturated rings. The number of aliphatic hydroxyl groups excluding tert-OH is 2. The average Bonchev–Trinajstić information content (AvgIpc) is 2.86. The molecule has 2 aromatic rings. The van der Waals surface area contributed by atoms with Crippen molar-refractivity contribution >= 4 is 16.6 Å². The quantitative estimate of drug-likeness (QED) is 0.652. The summed E-state index contributed by atoms with van der Waals surface area (Å²) in [6.07, 6.45) is 0.378. The van der Waals surface area contributed by atoms with Gasteiger partial charge in [-0.3, -0.25) is 0 Å². The van der Waals surface area contributed by atoms with Crippen LogP contribution in [0.4, 0.5) is 5.69 Å². The van der Waals surface area contributed by atoms with Crippen molar-refractivity contribution in [1.82, 2.24) is 4.98 Å². The van der Waals surface area contributed by atoms with Gasteiger partial charge in [-0.2, -0.15) is 0 Å². The van der Waals surface area contributed by atoms with Crippen LogP contribution in [-0.2, 0) is 0 Å². The molecule has 1 aliphatic carbocycles. The van der Waals surface area contributed by atoms with Crippen LogP contribution < -0.4 is 5.32 Å². The number of H-pyrrole nitrogens is 1. The summed E-state index contributed by atoms with van der Waals surface area (Å²) in [5.74, 6) is 0. The fraction of sp³-hybridized carbons (Fsp3) is 0.286. The Kier molecular flexibility index (Phi) is 2.43. The van der Waals surface area contributed by atoms with Crippen molar-refractivity contribution in [3.05, 3.63) is 41.2 Å². The molecule has 1 heterocycles. The molecule has 1 aromatic carbocycles. The van der Waals surface area contributed by atoms with E-state index < -0.39 is 12.2 Å². The highest BCUT2D eigenvalue weighted by molar-refractivity contribution is 5.88. The van der Waals surface area contributed by atoms with Crippen LogP contribution in [0, 0.1) is 6.92 Å². The lowest BCUT2D eigenvalue weighted by molar-refractivity contribution is 0.0387. The predicted molar refractivity (Wildman–Crippen MR) is 71.4 cm³/mol. The van der Waals surface area contributed by atoms with Crippen LogP contribution in [0.3, 0.4) is 0 Å². The number of aromatic amines is 1. The number of nitrogens with one attached hydrogen (secondary N) is 2. The normalized spacial score (nSPS) is 23.3. The van der Waals surface area contributed by atoms with Gasteiger partial charge in [-0.15, -0.1) is 0 Å². The number of hydrogen-bond donors (Lipinski definition) is 4. The Labute approximate surface area is 105 Å². The second-order valence-electron chi connectivity index (χ2n) is 4.79. The zero-order valence-corrected chi connectivity index (χ0v) is 10.4. The molecule has 0 amide bonds. The van der Waals surface area contributed by atoms with E-state index in [2.05, 4.69) is 10.3 Å². The third-order valence-electron chi connectivity index (χ3n) is 3.74. The van der Waals surface area contributed by atoms with E-state index in [1.165, 1.54) is 0 Å². The number of aryl methyl sites for hydroxylation is 1. The molecule has 2 atom stereocenters. The van der Waals surface area contributed by atoms with Crippen molar-refractivity contribution in [2.24, 2.45) is 0 Å². The van der Waals surface area contributed by atoms with Crippen LogP contribution >= 0.6 is 0 Å². The maximum absolute atomic E-state index is 9.70. The Morgan fingerprint density at radius 3 is 2.61 bits per heavy atom. The number of benzene rings is 1. The van der Waals surface area contributed by atoms with E-state index in [0.717, 1.165) is 27.7 Å². The van der Waals surface area contributed by atoms with Crippen molar-refractivity contribution in [3.8, 4) is 0 Å². The maximum Gasteiger partial charge on any atom is 0.123 e. The number of fused-ring (bicyclic) bond motifs is 1. The van der Waals surface area contributed by atoms with Crippen LogP contribution in [0.5, 0.6) is 0 Å². The van der Waals surface area contributed by atoms with Gasteiger partial charge in [0.15, 0.2) is 0 Å². The SMILES string of the molecule is CC1=C(Nc2ccc3[nH]ccc3c2C)C(O)C1O. The van der Waals surface area contributed by atoms with Gasteiger partial charge in [0.1, 0.15) is 12.2 Å².